The number of halogens is 2. The molecule has 0 saturated carbocycles. The lowest BCUT2D eigenvalue weighted by atomic mass is 10.1. The van der Waals surface area contributed by atoms with Gasteiger partial charge in [-0.2, -0.15) is 0 Å². The zero-order chi connectivity index (χ0) is 18.8. The number of nitrogens with zero attached hydrogens (tertiary/aromatic N) is 2. The molecule has 1 fully saturated rings. The van der Waals surface area contributed by atoms with Gasteiger partial charge in [0.05, 0.1) is 6.10 Å². The second kappa shape index (κ2) is 11.1. The summed E-state index contributed by atoms with van der Waals surface area (Å²) in [6, 6.07) is 3.51. The Labute approximate surface area is 154 Å². The lowest BCUT2D eigenvalue weighted by Crippen LogP contribution is -2.39. The van der Waals surface area contributed by atoms with Gasteiger partial charge in [-0.15, -0.1) is 0 Å². The van der Waals surface area contributed by atoms with Crippen LogP contribution in [0, 0.1) is 11.6 Å². The van der Waals surface area contributed by atoms with Crippen LogP contribution in [0.5, 0.6) is 0 Å². The summed E-state index contributed by atoms with van der Waals surface area (Å²) in [6.45, 7) is 6.78. The highest BCUT2D eigenvalue weighted by molar-refractivity contribution is 5.79. The Morgan fingerprint density at radius 1 is 1.27 bits per heavy atom. The minimum absolute atomic E-state index is 0.142. The Morgan fingerprint density at radius 2 is 2.04 bits per heavy atom. The van der Waals surface area contributed by atoms with Crippen molar-refractivity contribution in [2.45, 2.75) is 38.7 Å². The van der Waals surface area contributed by atoms with E-state index in [-0.39, 0.29) is 11.9 Å². The Balaban J connectivity index is 1.71. The number of hydrogen-bond acceptors (Lipinski definition) is 3. The second-order valence-electron chi connectivity index (χ2n) is 6.60. The van der Waals surface area contributed by atoms with E-state index in [0.29, 0.717) is 31.0 Å². The first-order valence-electron chi connectivity index (χ1n) is 9.45. The van der Waals surface area contributed by atoms with Crippen molar-refractivity contribution in [2.24, 2.45) is 4.99 Å². The lowest BCUT2D eigenvalue weighted by molar-refractivity contribution is 0.0824. The largest absolute Gasteiger partial charge is 0.393 e. The van der Waals surface area contributed by atoms with Crippen molar-refractivity contribution in [3.05, 3.63) is 35.4 Å². The number of hydrogen-bond donors (Lipinski definition) is 3. The molecule has 1 aromatic carbocycles. The van der Waals surface area contributed by atoms with Gasteiger partial charge in [-0.25, -0.2) is 8.78 Å². The maximum Gasteiger partial charge on any atom is 0.191 e. The van der Waals surface area contributed by atoms with E-state index >= 15 is 0 Å². The van der Waals surface area contributed by atoms with Gasteiger partial charge in [-0.1, -0.05) is 0 Å². The molecule has 0 aliphatic carbocycles. The monoisotopic (exact) mass is 368 g/mol. The fourth-order valence-electron chi connectivity index (χ4n) is 3.02. The molecule has 2 rings (SSSR count). The number of guanidine groups is 1. The minimum atomic E-state index is -0.424. The number of piperidine rings is 1. The van der Waals surface area contributed by atoms with Gasteiger partial charge in [0.1, 0.15) is 11.6 Å². The Morgan fingerprint density at radius 3 is 2.77 bits per heavy atom. The first kappa shape index (κ1) is 20.6. The van der Waals surface area contributed by atoms with Crippen LogP contribution >= 0.6 is 0 Å². The molecule has 1 saturated heterocycles. The van der Waals surface area contributed by atoms with Crippen LogP contribution in [-0.2, 0) is 6.42 Å². The number of likely N-dealkylation sites (tertiary alicyclic amines) is 1. The molecule has 5 nitrogen and oxygen atoms in total. The van der Waals surface area contributed by atoms with Crippen molar-refractivity contribution in [1.29, 1.82) is 0 Å². The van der Waals surface area contributed by atoms with Crippen molar-refractivity contribution < 1.29 is 13.9 Å². The molecular formula is C19H30F2N4O. The molecule has 0 aromatic heterocycles. The van der Waals surface area contributed by atoms with Gasteiger partial charge in [-0.3, -0.25) is 4.99 Å². The third-order valence-electron chi connectivity index (χ3n) is 4.50. The molecule has 0 atom stereocenters. The van der Waals surface area contributed by atoms with Crippen molar-refractivity contribution >= 4 is 5.96 Å². The number of aliphatic imine (C=N–C) groups is 1. The van der Waals surface area contributed by atoms with Crippen LogP contribution in [0.2, 0.25) is 0 Å². The average molecular weight is 368 g/mol. The van der Waals surface area contributed by atoms with Crippen LogP contribution in [-0.4, -0.2) is 61.3 Å². The molecular weight excluding hydrogens is 338 g/mol. The van der Waals surface area contributed by atoms with Crippen LogP contribution in [0.1, 0.15) is 31.7 Å². The van der Waals surface area contributed by atoms with Gasteiger partial charge in [-0.05, 0) is 62.9 Å². The number of benzene rings is 1. The van der Waals surface area contributed by atoms with Crippen LogP contribution in [0.3, 0.4) is 0 Å². The maximum atomic E-state index is 13.6. The molecule has 0 unspecified atom stereocenters. The highest BCUT2D eigenvalue weighted by Gasteiger charge is 2.15. The molecule has 1 aliphatic rings. The molecule has 3 N–H and O–H groups in total. The quantitative estimate of drug-likeness (QED) is 0.373. The van der Waals surface area contributed by atoms with Crippen molar-refractivity contribution in [2.75, 3.05) is 39.3 Å². The van der Waals surface area contributed by atoms with Gasteiger partial charge < -0.3 is 20.6 Å². The summed E-state index contributed by atoms with van der Waals surface area (Å²) in [5.41, 5.74) is 0.362. The molecule has 0 radical (unpaired) electrons. The third-order valence-corrected chi connectivity index (χ3v) is 4.50. The summed E-state index contributed by atoms with van der Waals surface area (Å²) >= 11 is 0. The maximum absolute atomic E-state index is 13.6. The number of nitrogens with one attached hydrogen (secondary N) is 2. The van der Waals surface area contributed by atoms with Crippen molar-refractivity contribution in [3.63, 3.8) is 0 Å². The molecule has 1 aliphatic heterocycles. The molecule has 146 valence electrons. The van der Waals surface area contributed by atoms with Gasteiger partial charge in [0.25, 0.3) is 0 Å². The van der Waals surface area contributed by atoms with E-state index in [0.717, 1.165) is 57.6 Å². The highest BCUT2D eigenvalue weighted by Crippen LogP contribution is 2.10. The summed E-state index contributed by atoms with van der Waals surface area (Å²) in [5, 5.41) is 15.8. The van der Waals surface area contributed by atoms with Gasteiger partial charge in [0, 0.05) is 32.7 Å². The normalized spacial score (nSPS) is 16.7. The summed E-state index contributed by atoms with van der Waals surface area (Å²) in [4.78, 5) is 6.89. The molecule has 1 aromatic rings. The molecule has 0 bridgehead atoms. The van der Waals surface area contributed by atoms with Crippen LogP contribution in [0.4, 0.5) is 8.78 Å². The second-order valence-corrected chi connectivity index (χ2v) is 6.60. The first-order chi connectivity index (χ1) is 12.6. The molecule has 7 heteroatoms. The highest BCUT2D eigenvalue weighted by atomic mass is 19.1. The third kappa shape index (κ3) is 7.25. The molecule has 26 heavy (non-hydrogen) atoms. The predicted molar refractivity (Wildman–Crippen MR) is 100 cm³/mol. The smallest absolute Gasteiger partial charge is 0.191 e. The molecule has 0 spiro atoms. The Bertz CT molecular complexity index is 575. The fraction of sp³-hybridized carbons (Fsp3) is 0.632. The van der Waals surface area contributed by atoms with E-state index in [1.165, 1.54) is 6.07 Å². The zero-order valence-corrected chi connectivity index (χ0v) is 15.5. The van der Waals surface area contributed by atoms with Crippen molar-refractivity contribution in [3.8, 4) is 0 Å². The molecule has 0 amide bonds. The summed E-state index contributed by atoms with van der Waals surface area (Å²) in [5.74, 6) is -0.118. The predicted octanol–water partition coefficient (Wildman–Crippen LogP) is 1.91. The minimum Gasteiger partial charge on any atom is -0.393 e. The van der Waals surface area contributed by atoms with Gasteiger partial charge in [0.15, 0.2) is 5.96 Å². The summed E-state index contributed by atoms with van der Waals surface area (Å²) in [6.07, 6.45) is 2.90. The zero-order valence-electron chi connectivity index (χ0n) is 15.5. The van der Waals surface area contributed by atoms with E-state index in [1.54, 1.807) is 0 Å². The van der Waals surface area contributed by atoms with Crippen molar-refractivity contribution in [1.82, 2.24) is 15.5 Å². The average Bonchev–Trinajstić information content (AvgIpc) is 2.63. The standard InChI is InChI=1S/C19H30F2N4O/c1-2-22-19(23-9-3-11-25-12-7-17(26)8-13-25)24-10-6-15-14-16(20)4-5-18(15)21/h4-5,14,17,26H,2-3,6-13H2,1H3,(H2,22,23,24). The number of aliphatic hydroxyl groups excluding tert-OH is 1. The summed E-state index contributed by atoms with van der Waals surface area (Å²) < 4.78 is 26.8. The Kier molecular flexibility index (Phi) is 8.77. The van der Waals surface area contributed by atoms with E-state index in [9.17, 15) is 13.9 Å². The number of rotatable bonds is 8. The van der Waals surface area contributed by atoms with E-state index in [2.05, 4.69) is 20.5 Å². The van der Waals surface area contributed by atoms with Crippen LogP contribution in [0.15, 0.2) is 23.2 Å². The fourth-order valence-corrected chi connectivity index (χ4v) is 3.02. The summed E-state index contributed by atoms with van der Waals surface area (Å²) in [7, 11) is 0. The van der Waals surface area contributed by atoms with Gasteiger partial charge >= 0.3 is 0 Å². The topological polar surface area (TPSA) is 59.9 Å². The van der Waals surface area contributed by atoms with E-state index < -0.39 is 5.82 Å². The van der Waals surface area contributed by atoms with Gasteiger partial charge in [0.2, 0.25) is 0 Å². The first-order valence-corrected chi connectivity index (χ1v) is 9.45. The molecule has 1 heterocycles. The van der Waals surface area contributed by atoms with Crippen LogP contribution < -0.4 is 10.6 Å². The van der Waals surface area contributed by atoms with E-state index in [1.807, 2.05) is 6.92 Å². The number of aliphatic hydroxyl groups is 1. The lowest BCUT2D eigenvalue weighted by Gasteiger charge is -2.29. The van der Waals surface area contributed by atoms with E-state index in [4.69, 9.17) is 0 Å². The SMILES string of the molecule is CCNC(=NCCCN1CCC(O)CC1)NCCc1cc(F)ccc1F. The Hall–Kier alpha value is -1.73. The van der Waals surface area contributed by atoms with Crippen LogP contribution in [0.25, 0.3) is 0 Å².